The van der Waals surface area contributed by atoms with Crippen molar-refractivity contribution in [2.75, 3.05) is 19.6 Å². The van der Waals surface area contributed by atoms with Gasteiger partial charge in [-0.1, -0.05) is 0 Å². The molecule has 1 N–H and O–H groups in total. The van der Waals surface area contributed by atoms with Crippen LogP contribution in [0.4, 0.5) is 4.79 Å². The van der Waals surface area contributed by atoms with Crippen LogP contribution in [-0.2, 0) is 4.79 Å². The van der Waals surface area contributed by atoms with Gasteiger partial charge in [-0.3, -0.25) is 4.79 Å². The van der Waals surface area contributed by atoms with Gasteiger partial charge in [0, 0.05) is 25.7 Å². The molecule has 0 saturated carbocycles. The van der Waals surface area contributed by atoms with Crippen molar-refractivity contribution in [3.05, 3.63) is 0 Å². The van der Waals surface area contributed by atoms with E-state index in [-0.39, 0.29) is 11.9 Å². The Morgan fingerprint density at radius 1 is 1.12 bits per heavy atom. The number of rotatable bonds is 1. The van der Waals surface area contributed by atoms with Gasteiger partial charge in [-0.15, -0.1) is 0 Å². The lowest BCUT2D eigenvalue weighted by Gasteiger charge is -2.34. The Balaban J connectivity index is 1.88. The maximum Gasteiger partial charge on any atom is 0.320 e. The number of hydrogen-bond donors (Lipinski definition) is 1. The summed E-state index contributed by atoms with van der Waals surface area (Å²) in [5, 5.41) is 8.90. The van der Waals surface area contributed by atoms with Crippen LogP contribution in [0.25, 0.3) is 0 Å². The van der Waals surface area contributed by atoms with Gasteiger partial charge in [0.1, 0.15) is 0 Å². The summed E-state index contributed by atoms with van der Waals surface area (Å²) in [6.07, 6.45) is 3.34. The lowest BCUT2D eigenvalue weighted by Crippen LogP contribution is -2.48. The zero-order valence-electron chi connectivity index (χ0n) is 10.3. The minimum atomic E-state index is -0.730. The predicted octanol–water partition coefficient (Wildman–Crippen LogP) is 1.39. The monoisotopic (exact) mass is 240 g/mol. The first-order valence-corrected chi connectivity index (χ1v) is 6.38. The highest BCUT2D eigenvalue weighted by atomic mass is 16.4. The highest BCUT2D eigenvalue weighted by Crippen LogP contribution is 2.22. The average Bonchev–Trinajstić information content (AvgIpc) is 2.74. The Morgan fingerprint density at radius 3 is 2.24 bits per heavy atom. The van der Waals surface area contributed by atoms with Crippen LogP contribution in [0.3, 0.4) is 0 Å². The Bertz CT molecular complexity index is 311. The summed E-state index contributed by atoms with van der Waals surface area (Å²) in [5.74, 6) is -0.998. The number of urea groups is 1. The third kappa shape index (κ3) is 2.53. The number of piperidine rings is 1. The SMILES string of the molecule is CC1CCCN1C(=O)N1CCC(C(=O)O)CC1. The predicted molar refractivity (Wildman–Crippen MR) is 62.7 cm³/mol. The zero-order chi connectivity index (χ0) is 12.4. The Labute approximate surface area is 101 Å². The van der Waals surface area contributed by atoms with E-state index in [9.17, 15) is 9.59 Å². The van der Waals surface area contributed by atoms with Crippen LogP contribution in [-0.4, -0.2) is 52.6 Å². The van der Waals surface area contributed by atoms with Gasteiger partial charge in [0.15, 0.2) is 0 Å². The number of carboxylic acids is 1. The molecular formula is C12H20N2O3. The first-order valence-electron chi connectivity index (χ1n) is 6.38. The van der Waals surface area contributed by atoms with Crippen LogP contribution >= 0.6 is 0 Å². The first-order chi connectivity index (χ1) is 8.09. The van der Waals surface area contributed by atoms with Crippen LogP contribution in [0.15, 0.2) is 0 Å². The second-order valence-corrected chi connectivity index (χ2v) is 5.07. The third-order valence-corrected chi connectivity index (χ3v) is 3.91. The van der Waals surface area contributed by atoms with Crippen molar-refractivity contribution in [1.29, 1.82) is 0 Å². The van der Waals surface area contributed by atoms with Crippen molar-refractivity contribution in [3.63, 3.8) is 0 Å². The zero-order valence-corrected chi connectivity index (χ0v) is 10.3. The fraction of sp³-hybridized carbons (Fsp3) is 0.833. The van der Waals surface area contributed by atoms with Gasteiger partial charge in [-0.05, 0) is 32.6 Å². The molecule has 2 aliphatic heterocycles. The molecule has 96 valence electrons. The molecule has 0 aromatic rings. The van der Waals surface area contributed by atoms with Crippen molar-refractivity contribution in [2.24, 2.45) is 5.92 Å². The van der Waals surface area contributed by atoms with Crippen molar-refractivity contribution < 1.29 is 14.7 Å². The smallest absolute Gasteiger partial charge is 0.320 e. The molecule has 2 fully saturated rings. The molecule has 5 nitrogen and oxygen atoms in total. The van der Waals surface area contributed by atoms with E-state index in [0.29, 0.717) is 32.0 Å². The normalized spacial score (nSPS) is 26.3. The minimum Gasteiger partial charge on any atom is -0.481 e. The molecule has 0 aliphatic carbocycles. The van der Waals surface area contributed by atoms with Crippen LogP contribution in [0, 0.1) is 5.92 Å². The fourth-order valence-corrected chi connectivity index (χ4v) is 2.72. The summed E-state index contributed by atoms with van der Waals surface area (Å²) in [7, 11) is 0. The lowest BCUT2D eigenvalue weighted by molar-refractivity contribution is -0.143. The molecule has 17 heavy (non-hydrogen) atoms. The highest BCUT2D eigenvalue weighted by Gasteiger charge is 2.32. The van der Waals surface area contributed by atoms with E-state index < -0.39 is 5.97 Å². The molecule has 5 heteroatoms. The quantitative estimate of drug-likeness (QED) is 0.753. The summed E-state index contributed by atoms with van der Waals surface area (Å²) in [4.78, 5) is 26.7. The van der Waals surface area contributed by atoms with Crippen LogP contribution in [0.5, 0.6) is 0 Å². The van der Waals surface area contributed by atoms with E-state index >= 15 is 0 Å². The molecule has 1 atom stereocenters. The van der Waals surface area contributed by atoms with Crippen molar-refractivity contribution in [3.8, 4) is 0 Å². The number of carbonyl (C=O) groups excluding carboxylic acids is 1. The fourth-order valence-electron chi connectivity index (χ4n) is 2.72. The topological polar surface area (TPSA) is 60.9 Å². The maximum absolute atomic E-state index is 12.2. The standard InChI is InChI=1S/C12H20N2O3/c1-9-3-2-6-14(9)12(17)13-7-4-10(5-8-13)11(15)16/h9-10H,2-8H2,1H3,(H,15,16). The molecule has 0 radical (unpaired) electrons. The molecule has 2 rings (SSSR count). The van der Waals surface area contributed by atoms with E-state index in [1.165, 1.54) is 0 Å². The van der Waals surface area contributed by atoms with Gasteiger partial charge < -0.3 is 14.9 Å². The number of nitrogens with zero attached hydrogens (tertiary/aromatic N) is 2. The number of aliphatic carboxylic acids is 1. The number of amides is 2. The second kappa shape index (κ2) is 4.94. The number of hydrogen-bond acceptors (Lipinski definition) is 2. The Morgan fingerprint density at radius 2 is 1.76 bits per heavy atom. The first kappa shape index (κ1) is 12.2. The number of carboxylic acid groups (broad SMARTS) is 1. The average molecular weight is 240 g/mol. The van der Waals surface area contributed by atoms with Crippen LogP contribution < -0.4 is 0 Å². The second-order valence-electron chi connectivity index (χ2n) is 5.07. The molecule has 2 aliphatic rings. The molecule has 0 bridgehead atoms. The molecular weight excluding hydrogens is 220 g/mol. The van der Waals surface area contributed by atoms with Gasteiger partial charge in [0.2, 0.25) is 0 Å². The van der Waals surface area contributed by atoms with Gasteiger partial charge in [-0.25, -0.2) is 4.79 Å². The summed E-state index contributed by atoms with van der Waals surface area (Å²) in [5.41, 5.74) is 0. The van der Waals surface area contributed by atoms with Crippen molar-refractivity contribution in [1.82, 2.24) is 9.80 Å². The lowest BCUT2D eigenvalue weighted by atomic mass is 9.97. The summed E-state index contributed by atoms with van der Waals surface area (Å²) >= 11 is 0. The van der Waals surface area contributed by atoms with E-state index in [4.69, 9.17) is 5.11 Å². The van der Waals surface area contributed by atoms with Gasteiger partial charge >= 0.3 is 12.0 Å². The van der Waals surface area contributed by atoms with Crippen LogP contribution in [0.2, 0.25) is 0 Å². The van der Waals surface area contributed by atoms with E-state index in [1.807, 2.05) is 4.90 Å². The molecule has 0 aromatic carbocycles. The highest BCUT2D eigenvalue weighted by molar-refractivity contribution is 5.76. The van der Waals surface area contributed by atoms with Crippen molar-refractivity contribution in [2.45, 2.75) is 38.6 Å². The molecule has 1 unspecified atom stereocenters. The van der Waals surface area contributed by atoms with Gasteiger partial charge in [0.05, 0.1) is 5.92 Å². The molecule has 2 amide bonds. The summed E-state index contributed by atoms with van der Waals surface area (Å²) < 4.78 is 0. The van der Waals surface area contributed by atoms with E-state index in [0.717, 1.165) is 19.4 Å². The minimum absolute atomic E-state index is 0.0961. The molecule has 2 heterocycles. The largest absolute Gasteiger partial charge is 0.481 e. The summed E-state index contributed by atoms with van der Waals surface area (Å²) in [6.45, 7) is 4.09. The Kier molecular flexibility index (Phi) is 3.54. The van der Waals surface area contributed by atoms with Gasteiger partial charge in [0.25, 0.3) is 0 Å². The molecule has 2 saturated heterocycles. The van der Waals surface area contributed by atoms with E-state index in [2.05, 4.69) is 6.92 Å². The van der Waals surface area contributed by atoms with Crippen molar-refractivity contribution >= 4 is 12.0 Å². The number of likely N-dealkylation sites (tertiary alicyclic amines) is 2. The number of carbonyl (C=O) groups is 2. The van der Waals surface area contributed by atoms with Gasteiger partial charge in [-0.2, -0.15) is 0 Å². The third-order valence-electron chi connectivity index (χ3n) is 3.91. The Hall–Kier alpha value is -1.26. The van der Waals surface area contributed by atoms with Crippen LogP contribution in [0.1, 0.15) is 32.6 Å². The maximum atomic E-state index is 12.2. The summed E-state index contributed by atoms with van der Waals surface area (Å²) in [6, 6.07) is 0.429. The molecule has 0 spiro atoms. The van der Waals surface area contributed by atoms with E-state index in [1.54, 1.807) is 4.90 Å². The molecule has 0 aromatic heterocycles.